The molecule has 8 nitrogen and oxygen atoms in total. The van der Waals surface area contributed by atoms with Crippen LogP contribution in [0.5, 0.6) is 0 Å². The minimum Gasteiger partial charge on any atom is -0.378 e. The van der Waals surface area contributed by atoms with Crippen LogP contribution in [0, 0.1) is 18.3 Å². The second-order valence-electron chi connectivity index (χ2n) is 7.05. The van der Waals surface area contributed by atoms with Crippen LogP contribution in [0.4, 0.5) is 10.6 Å². The lowest BCUT2D eigenvalue weighted by Crippen LogP contribution is -2.37. The second kappa shape index (κ2) is 7.76. The van der Waals surface area contributed by atoms with Crippen LogP contribution in [0.1, 0.15) is 37.3 Å². The third-order valence-corrected chi connectivity index (χ3v) is 5.06. The quantitative estimate of drug-likeness (QED) is 0.899. The molecule has 0 saturated carbocycles. The van der Waals surface area contributed by atoms with E-state index in [4.69, 9.17) is 10.00 Å². The Hall–Kier alpha value is -2.92. The Bertz CT molecular complexity index is 854. The van der Waals surface area contributed by atoms with Crippen molar-refractivity contribution in [1.29, 1.82) is 5.26 Å². The Morgan fingerprint density at radius 1 is 1.37 bits per heavy atom. The molecule has 0 radical (unpaired) electrons. The van der Waals surface area contributed by atoms with E-state index in [1.807, 2.05) is 17.9 Å². The van der Waals surface area contributed by atoms with Crippen molar-refractivity contribution < 1.29 is 9.53 Å². The fourth-order valence-corrected chi connectivity index (χ4v) is 3.13. The van der Waals surface area contributed by atoms with Crippen molar-refractivity contribution in [2.75, 3.05) is 25.5 Å². The number of hydrogen-bond donors (Lipinski definition) is 1. The molecule has 142 valence electrons. The number of nitriles is 1. The summed E-state index contributed by atoms with van der Waals surface area (Å²) in [6.45, 7) is 5.31. The van der Waals surface area contributed by atoms with Gasteiger partial charge in [0.1, 0.15) is 6.07 Å². The molecule has 1 saturated heterocycles. The van der Waals surface area contributed by atoms with Crippen LogP contribution in [0.25, 0.3) is 5.82 Å². The van der Waals surface area contributed by atoms with Crippen LogP contribution in [-0.2, 0) is 4.74 Å². The summed E-state index contributed by atoms with van der Waals surface area (Å²) in [4.78, 5) is 18.7. The van der Waals surface area contributed by atoms with Crippen molar-refractivity contribution in [3.63, 3.8) is 0 Å². The van der Waals surface area contributed by atoms with Gasteiger partial charge in [0.05, 0.1) is 11.2 Å². The van der Waals surface area contributed by atoms with Gasteiger partial charge in [-0.1, -0.05) is 0 Å². The van der Waals surface area contributed by atoms with E-state index in [-0.39, 0.29) is 11.6 Å². The number of aromatic nitrogens is 3. The first kappa shape index (κ1) is 18.9. The maximum Gasteiger partial charge on any atom is 0.323 e. The standard InChI is InChI=1S/C19H24N6O2/c1-14-13-25(16-6-5-15(11-20)12-21-16)23-17(14)22-18(26)24-9-4-7-19(2,27-3)8-10-24/h5-6,12-13H,4,7-10H2,1-3H3,(H,22,23,26). The van der Waals surface area contributed by atoms with Crippen LogP contribution in [-0.4, -0.2) is 51.5 Å². The van der Waals surface area contributed by atoms with Crippen LogP contribution in [0.3, 0.4) is 0 Å². The molecule has 0 aliphatic carbocycles. The fraction of sp³-hybridized carbons (Fsp3) is 0.474. The number of urea groups is 1. The van der Waals surface area contributed by atoms with Gasteiger partial charge >= 0.3 is 6.03 Å². The Morgan fingerprint density at radius 2 is 2.19 bits per heavy atom. The number of pyridine rings is 1. The number of carbonyl (C=O) groups excluding carboxylic acids is 1. The second-order valence-corrected chi connectivity index (χ2v) is 7.05. The first-order valence-electron chi connectivity index (χ1n) is 8.98. The van der Waals surface area contributed by atoms with Crippen molar-refractivity contribution >= 4 is 11.8 Å². The van der Waals surface area contributed by atoms with Gasteiger partial charge in [-0.15, -0.1) is 5.10 Å². The van der Waals surface area contributed by atoms with Crippen molar-refractivity contribution in [3.05, 3.63) is 35.7 Å². The first-order chi connectivity index (χ1) is 12.9. The molecule has 1 fully saturated rings. The average molecular weight is 368 g/mol. The van der Waals surface area contributed by atoms with Gasteiger partial charge < -0.3 is 9.64 Å². The molecule has 1 aliphatic rings. The highest BCUT2D eigenvalue weighted by molar-refractivity contribution is 5.89. The van der Waals surface area contributed by atoms with Gasteiger partial charge in [-0.2, -0.15) is 5.26 Å². The number of aryl methyl sites for hydroxylation is 1. The predicted octanol–water partition coefficient (Wildman–Crippen LogP) is 2.87. The minimum atomic E-state index is -0.173. The van der Waals surface area contributed by atoms with Crippen LogP contribution < -0.4 is 5.32 Å². The van der Waals surface area contributed by atoms with E-state index in [9.17, 15) is 4.79 Å². The van der Waals surface area contributed by atoms with Crippen molar-refractivity contribution in [2.45, 2.75) is 38.7 Å². The number of carbonyl (C=O) groups is 1. The van der Waals surface area contributed by atoms with Crippen molar-refractivity contribution in [3.8, 4) is 11.9 Å². The number of ether oxygens (including phenoxy) is 1. The Morgan fingerprint density at radius 3 is 2.85 bits per heavy atom. The monoisotopic (exact) mass is 368 g/mol. The maximum atomic E-state index is 12.7. The molecule has 1 N–H and O–H groups in total. The molecule has 0 aromatic carbocycles. The summed E-state index contributed by atoms with van der Waals surface area (Å²) in [5, 5.41) is 16.2. The fourth-order valence-electron chi connectivity index (χ4n) is 3.13. The molecule has 2 aromatic rings. The number of hydrogen-bond acceptors (Lipinski definition) is 5. The summed E-state index contributed by atoms with van der Waals surface area (Å²) in [7, 11) is 1.73. The molecule has 27 heavy (non-hydrogen) atoms. The third-order valence-electron chi connectivity index (χ3n) is 5.06. The number of rotatable bonds is 3. The molecule has 3 heterocycles. The largest absolute Gasteiger partial charge is 0.378 e. The topological polar surface area (TPSA) is 96.1 Å². The summed E-state index contributed by atoms with van der Waals surface area (Å²) in [6.07, 6.45) is 5.94. The minimum absolute atomic E-state index is 0.156. The van der Waals surface area contributed by atoms with E-state index in [0.717, 1.165) is 24.8 Å². The van der Waals surface area contributed by atoms with E-state index in [1.54, 1.807) is 30.1 Å². The molecule has 1 atom stereocenters. The van der Waals surface area contributed by atoms with E-state index in [1.165, 1.54) is 6.20 Å². The van der Waals surface area contributed by atoms with Gasteiger partial charge in [-0.25, -0.2) is 14.5 Å². The normalized spacial score (nSPS) is 20.0. The molecule has 2 amide bonds. The highest BCUT2D eigenvalue weighted by Crippen LogP contribution is 2.25. The van der Waals surface area contributed by atoms with Crippen LogP contribution in [0.2, 0.25) is 0 Å². The summed E-state index contributed by atoms with van der Waals surface area (Å²) >= 11 is 0. The zero-order valence-corrected chi connectivity index (χ0v) is 15.9. The SMILES string of the molecule is COC1(C)CCCN(C(=O)Nc2nn(-c3ccc(C#N)cn3)cc2C)CC1. The van der Waals surface area contributed by atoms with Crippen molar-refractivity contribution in [2.24, 2.45) is 0 Å². The molecule has 1 unspecified atom stereocenters. The molecule has 2 aromatic heterocycles. The Kier molecular flexibility index (Phi) is 5.42. The van der Waals surface area contributed by atoms with Gasteiger partial charge in [0.25, 0.3) is 0 Å². The van der Waals surface area contributed by atoms with Crippen LogP contribution in [0.15, 0.2) is 24.5 Å². The Balaban J connectivity index is 1.69. The van der Waals surface area contributed by atoms with Gasteiger partial charge in [0, 0.05) is 38.2 Å². The summed E-state index contributed by atoms with van der Waals surface area (Å²) in [6, 6.07) is 5.28. The lowest BCUT2D eigenvalue weighted by atomic mass is 9.97. The van der Waals surface area contributed by atoms with E-state index in [0.29, 0.717) is 30.3 Å². The molecule has 8 heteroatoms. The lowest BCUT2D eigenvalue weighted by molar-refractivity contribution is -0.00492. The third kappa shape index (κ3) is 4.26. The highest BCUT2D eigenvalue weighted by atomic mass is 16.5. The van der Waals surface area contributed by atoms with Gasteiger partial charge in [0.2, 0.25) is 0 Å². The van der Waals surface area contributed by atoms with E-state index >= 15 is 0 Å². The van der Waals surface area contributed by atoms with E-state index < -0.39 is 0 Å². The lowest BCUT2D eigenvalue weighted by Gasteiger charge is -2.26. The summed E-state index contributed by atoms with van der Waals surface area (Å²) in [5.74, 6) is 1.09. The number of likely N-dealkylation sites (tertiary alicyclic amines) is 1. The summed E-state index contributed by atoms with van der Waals surface area (Å²) in [5.41, 5.74) is 1.15. The zero-order chi connectivity index (χ0) is 19.4. The Labute approximate surface area is 158 Å². The number of anilines is 1. The van der Waals surface area contributed by atoms with Gasteiger partial charge in [-0.3, -0.25) is 5.32 Å². The zero-order valence-electron chi connectivity index (χ0n) is 15.9. The summed E-state index contributed by atoms with van der Waals surface area (Å²) < 4.78 is 7.19. The molecular weight excluding hydrogens is 344 g/mol. The molecule has 3 rings (SSSR count). The van der Waals surface area contributed by atoms with E-state index in [2.05, 4.69) is 22.3 Å². The number of nitrogens with zero attached hydrogens (tertiary/aromatic N) is 5. The molecule has 0 spiro atoms. The van der Waals surface area contributed by atoms with Crippen LogP contribution >= 0.6 is 0 Å². The molecular formula is C19H24N6O2. The predicted molar refractivity (Wildman–Crippen MR) is 101 cm³/mol. The van der Waals surface area contributed by atoms with Gasteiger partial charge in [-0.05, 0) is 45.2 Å². The number of amides is 2. The number of nitrogens with one attached hydrogen (secondary N) is 1. The highest BCUT2D eigenvalue weighted by Gasteiger charge is 2.29. The first-order valence-corrected chi connectivity index (χ1v) is 8.98. The van der Waals surface area contributed by atoms with Gasteiger partial charge in [0.15, 0.2) is 11.6 Å². The average Bonchev–Trinajstić information content (AvgIpc) is 2.92. The molecule has 0 bridgehead atoms. The van der Waals surface area contributed by atoms with Crippen molar-refractivity contribution in [1.82, 2.24) is 19.7 Å². The smallest absolute Gasteiger partial charge is 0.323 e. The maximum absolute atomic E-state index is 12.7. The number of methoxy groups -OCH3 is 1. The molecule has 1 aliphatic heterocycles.